The van der Waals surface area contributed by atoms with E-state index in [0.717, 1.165) is 22.6 Å². The molecule has 2 heterocycles. The van der Waals surface area contributed by atoms with Gasteiger partial charge in [0.1, 0.15) is 0 Å². The van der Waals surface area contributed by atoms with Crippen molar-refractivity contribution in [2.75, 3.05) is 4.90 Å². The molecule has 0 bridgehead atoms. The largest absolute Gasteiger partial charge is 0.401 e. The Balaban J connectivity index is 1.91. The van der Waals surface area contributed by atoms with Crippen molar-refractivity contribution in [1.82, 2.24) is 4.67 Å². The lowest BCUT2D eigenvalue weighted by atomic mass is 10.0. The summed E-state index contributed by atoms with van der Waals surface area (Å²) in [5.41, 5.74) is 3.94. The van der Waals surface area contributed by atoms with Gasteiger partial charge in [0, 0.05) is 16.5 Å². The Morgan fingerprint density at radius 1 is 1.21 bits per heavy atom. The molecule has 0 saturated carbocycles. The molecule has 1 aromatic heterocycles. The van der Waals surface area contributed by atoms with E-state index in [4.69, 9.17) is 11.6 Å². The highest BCUT2D eigenvalue weighted by atomic mass is 35.5. The number of carbonyl (C=O) groups excluding carboxylic acids is 1. The molecule has 0 spiro atoms. The van der Waals surface area contributed by atoms with Gasteiger partial charge in [-0.1, -0.05) is 34.5 Å². The third-order valence-corrected chi connectivity index (χ3v) is 5.02. The molecule has 1 aliphatic carbocycles. The summed E-state index contributed by atoms with van der Waals surface area (Å²) in [7, 11) is 0. The van der Waals surface area contributed by atoms with Gasteiger partial charge in [0.25, 0.3) is 0 Å². The van der Waals surface area contributed by atoms with Crippen molar-refractivity contribution in [2.24, 2.45) is 5.92 Å². The maximum absolute atomic E-state index is 13.0. The molecule has 1 aliphatic heterocycles. The summed E-state index contributed by atoms with van der Waals surface area (Å²) in [6, 6.07) is 9.71. The fourth-order valence-corrected chi connectivity index (χ4v) is 3.78. The van der Waals surface area contributed by atoms with Crippen LogP contribution in [0.1, 0.15) is 12.5 Å². The quantitative estimate of drug-likeness (QED) is 0.712. The Bertz CT molecular complexity index is 950. The van der Waals surface area contributed by atoms with Gasteiger partial charge in [-0.15, -0.1) is 0 Å². The number of rotatable bonds is 1. The predicted molar refractivity (Wildman–Crippen MR) is 101 cm³/mol. The Kier molecular flexibility index (Phi) is 3.73. The van der Waals surface area contributed by atoms with Crippen molar-refractivity contribution in [2.45, 2.75) is 6.92 Å². The highest BCUT2D eigenvalue weighted by molar-refractivity contribution is 7.08. The maximum atomic E-state index is 13.0. The van der Waals surface area contributed by atoms with E-state index in [0.29, 0.717) is 10.7 Å². The monoisotopic (exact) mass is 353 g/mol. The number of hydrogen-bond donors (Lipinski definition) is 0. The number of hydrogen-bond acceptors (Lipinski definition) is 2. The number of carbonyl (C=O) groups is 1. The zero-order chi connectivity index (χ0) is 16.7. The van der Waals surface area contributed by atoms with Gasteiger partial charge >= 0.3 is 17.3 Å². The molecule has 1 amide bonds. The van der Waals surface area contributed by atoms with E-state index in [1.165, 1.54) is 0 Å². The number of amides is 1. The molecule has 118 valence electrons. The van der Waals surface area contributed by atoms with Crippen LogP contribution in [0.4, 0.5) is 11.4 Å². The second-order valence-electron chi connectivity index (χ2n) is 5.70. The molecule has 0 N–H and O–H groups in total. The summed E-state index contributed by atoms with van der Waals surface area (Å²) >= 11 is 7.60. The third-order valence-electron chi connectivity index (χ3n) is 4.10. The van der Waals surface area contributed by atoms with Gasteiger partial charge in [0.15, 0.2) is 0 Å². The van der Waals surface area contributed by atoms with Gasteiger partial charge in [-0.2, -0.15) is 11.3 Å². The Labute approximate surface area is 148 Å². The highest BCUT2D eigenvalue weighted by Gasteiger charge is 2.42. The summed E-state index contributed by atoms with van der Waals surface area (Å²) in [6.45, 7) is 2.02. The first kappa shape index (κ1) is 15.2. The van der Waals surface area contributed by atoms with E-state index in [-0.39, 0.29) is 11.8 Å². The summed E-state index contributed by atoms with van der Waals surface area (Å²) < 4.78 is 4.69. The Morgan fingerprint density at radius 2 is 2.04 bits per heavy atom. The van der Waals surface area contributed by atoms with E-state index >= 15 is 0 Å². The van der Waals surface area contributed by atoms with Crippen molar-refractivity contribution in [3.8, 4) is 0 Å². The van der Waals surface area contributed by atoms with Crippen LogP contribution in [-0.2, 0) is 4.79 Å². The van der Waals surface area contributed by atoms with Crippen LogP contribution in [0.3, 0.4) is 0 Å². The van der Waals surface area contributed by atoms with Crippen molar-refractivity contribution < 1.29 is 4.79 Å². The minimum Gasteiger partial charge on any atom is -0.269 e. The predicted octanol–water partition coefficient (Wildman–Crippen LogP) is 4.05. The van der Waals surface area contributed by atoms with Crippen molar-refractivity contribution in [3.63, 3.8) is 0 Å². The normalized spacial score (nSPS) is 19.4. The number of allylic oxidation sites excluding steroid dienone is 4. The minimum atomic E-state index is -0.0941. The van der Waals surface area contributed by atoms with Crippen LogP contribution >= 0.6 is 22.9 Å². The van der Waals surface area contributed by atoms with Gasteiger partial charge in [-0.3, -0.25) is 9.69 Å². The van der Waals surface area contributed by atoms with E-state index in [2.05, 4.69) is 4.67 Å². The van der Waals surface area contributed by atoms with Gasteiger partial charge in [0.2, 0.25) is 0 Å². The number of nitrogens with zero attached hydrogens (tertiary/aromatic N) is 2. The van der Waals surface area contributed by atoms with Gasteiger partial charge in [-0.05, 0) is 36.6 Å². The molecule has 24 heavy (non-hydrogen) atoms. The molecule has 5 heteroatoms. The Hall–Kier alpha value is -2.39. The lowest BCUT2D eigenvalue weighted by Gasteiger charge is -2.13. The van der Waals surface area contributed by atoms with Crippen LogP contribution in [-0.4, -0.2) is 17.3 Å². The standard InChI is InChI=1S/C19H14ClN2OS/c1-12-10-13(20)6-7-16(12)21-18-15-4-2-3-5-17(15)22(19(18)23)14-8-9-24-11-14/h2-12H,1H3/q+1. The topological polar surface area (TPSA) is 34.4 Å². The first-order chi connectivity index (χ1) is 11.6. The zero-order valence-corrected chi connectivity index (χ0v) is 14.5. The van der Waals surface area contributed by atoms with E-state index in [1.54, 1.807) is 16.2 Å². The first-order valence-electron chi connectivity index (χ1n) is 7.62. The fourth-order valence-electron chi connectivity index (χ4n) is 2.91. The second kappa shape index (κ2) is 5.91. The molecule has 2 aromatic rings. The van der Waals surface area contributed by atoms with E-state index < -0.39 is 0 Å². The average Bonchev–Trinajstić information content (AvgIpc) is 3.17. The molecule has 0 saturated heterocycles. The van der Waals surface area contributed by atoms with E-state index in [9.17, 15) is 4.79 Å². The van der Waals surface area contributed by atoms with Gasteiger partial charge in [0.05, 0.1) is 22.9 Å². The summed E-state index contributed by atoms with van der Waals surface area (Å²) in [4.78, 5) is 14.8. The van der Waals surface area contributed by atoms with Crippen molar-refractivity contribution >= 4 is 51.6 Å². The molecule has 3 nitrogen and oxygen atoms in total. The highest BCUT2D eigenvalue weighted by Crippen LogP contribution is 2.35. The summed E-state index contributed by atoms with van der Waals surface area (Å²) in [5.74, 6) is -0.0199. The smallest absolute Gasteiger partial charge is 0.269 e. The number of para-hydroxylation sites is 1. The molecular weight excluding hydrogens is 340 g/mol. The summed E-state index contributed by atoms with van der Waals surface area (Å²) in [6.07, 6.45) is 5.62. The fraction of sp³-hybridized carbons (Fsp3) is 0.105. The van der Waals surface area contributed by atoms with Gasteiger partial charge < -0.3 is 0 Å². The molecular formula is C19H14ClN2OS+. The maximum Gasteiger partial charge on any atom is 0.401 e. The van der Waals surface area contributed by atoms with Crippen LogP contribution in [0, 0.1) is 5.92 Å². The SMILES string of the molecule is CC1C=C(Cl)C=CC1=[N+]=C1C(=O)N(c2ccsc2)c2ccccc21. The van der Waals surface area contributed by atoms with Crippen molar-refractivity contribution in [3.05, 3.63) is 69.9 Å². The third kappa shape index (κ3) is 2.45. The molecule has 0 radical (unpaired) electrons. The average molecular weight is 354 g/mol. The molecule has 4 rings (SSSR count). The van der Waals surface area contributed by atoms with Crippen LogP contribution in [0.25, 0.3) is 0 Å². The molecule has 2 aliphatic rings. The first-order valence-corrected chi connectivity index (χ1v) is 8.94. The minimum absolute atomic E-state index is 0.0742. The zero-order valence-electron chi connectivity index (χ0n) is 12.9. The number of anilines is 2. The van der Waals surface area contributed by atoms with E-state index in [1.807, 2.05) is 66.2 Å². The number of halogens is 1. The summed E-state index contributed by atoms with van der Waals surface area (Å²) in [5, 5.41) is 4.63. The van der Waals surface area contributed by atoms with Crippen LogP contribution in [0.5, 0.6) is 0 Å². The van der Waals surface area contributed by atoms with Crippen molar-refractivity contribution in [1.29, 1.82) is 0 Å². The van der Waals surface area contributed by atoms with Gasteiger partial charge in [-0.25, -0.2) is 0 Å². The Morgan fingerprint density at radius 3 is 2.79 bits per heavy atom. The van der Waals surface area contributed by atoms with Crippen LogP contribution in [0.15, 0.2) is 64.4 Å². The van der Waals surface area contributed by atoms with Crippen LogP contribution < -0.4 is 9.57 Å². The molecule has 1 atom stereocenters. The van der Waals surface area contributed by atoms with Crippen LogP contribution in [0.2, 0.25) is 0 Å². The molecule has 1 unspecified atom stereocenters. The lowest BCUT2D eigenvalue weighted by molar-refractivity contribution is -0.111. The lowest BCUT2D eigenvalue weighted by Crippen LogP contribution is -2.28. The molecule has 1 aromatic carbocycles. The second-order valence-corrected chi connectivity index (χ2v) is 6.91. The number of thiophene rings is 1. The number of benzene rings is 1. The molecule has 0 fully saturated rings. The number of fused-ring (bicyclic) bond motifs is 1.